The monoisotopic (exact) mass is 466 g/mol. The Hall–Kier alpha value is -1.40. The second kappa shape index (κ2) is 15.4. The molecule has 2 N–H and O–H groups in total. The summed E-state index contributed by atoms with van der Waals surface area (Å²) in [5.74, 6) is -0.574. The highest BCUT2D eigenvalue weighted by molar-refractivity contribution is 7.90. The molecule has 0 aromatic heterocycles. The normalized spacial score (nSPS) is 12.0. The van der Waals surface area contributed by atoms with Gasteiger partial charge in [-0.1, -0.05) is 111 Å². The van der Waals surface area contributed by atoms with Gasteiger partial charge in [-0.3, -0.25) is 4.79 Å². The lowest BCUT2D eigenvalue weighted by molar-refractivity contribution is -0.113. The van der Waals surface area contributed by atoms with Gasteiger partial charge in [0.1, 0.15) is 5.75 Å². The van der Waals surface area contributed by atoms with E-state index in [0.29, 0.717) is 6.54 Å². The first kappa shape index (κ1) is 28.6. The maximum atomic E-state index is 12.5. The minimum absolute atomic E-state index is 0.232. The van der Waals surface area contributed by atoms with Crippen molar-refractivity contribution in [3.05, 3.63) is 29.3 Å². The van der Waals surface area contributed by atoms with Crippen LogP contribution in [0.25, 0.3) is 0 Å². The summed E-state index contributed by atoms with van der Waals surface area (Å²) < 4.78 is 27.3. The second-order valence-corrected chi connectivity index (χ2v) is 11.3. The maximum Gasteiger partial charge on any atom is 0.241 e. The summed E-state index contributed by atoms with van der Waals surface area (Å²) in [7, 11) is -3.64. The number of hydrogen-bond acceptors (Lipinski definition) is 3. The molecule has 1 rings (SSSR count). The molecule has 1 aromatic carbocycles. The summed E-state index contributed by atoms with van der Waals surface area (Å²) in [6.07, 6.45) is 12.0. The van der Waals surface area contributed by atoms with Gasteiger partial charge < -0.3 is 5.32 Å². The van der Waals surface area contributed by atoms with Crippen molar-refractivity contribution in [1.82, 2.24) is 4.72 Å². The zero-order chi connectivity index (χ0) is 24.0. The number of hydrogen-bond donors (Lipinski definition) is 2. The van der Waals surface area contributed by atoms with E-state index in [-0.39, 0.29) is 11.8 Å². The first-order valence-corrected chi connectivity index (χ1v) is 14.2. The summed E-state index contributed by atoms with van der Waals surface area (Å²) in [5.41, 5.74) is 2.81. The molecule has 0 atom stereocenters. The van der Waals surface area contributed by atoms with Gasteiger partial charge in [0.25, 0.3) is 0 Å². The van der Waals surface area contributed by atoms with Crippen molar-refractivity contribution >= 4 is 21.6 Å². The van der Waals surface area contributed by atoms with Gasteiger partial charge in [0.15, 0.2) is 0 Å². The van der Waals surface area contributed by atoms with Gasteiger partial charge in [-0.05, 0) is 29.4 Å². The average Bonchev–Trinajstić information content (AvgIpc) is 2.71. The zero-order valence-corrected chi connectivity index (χ0v) is 21.8. The summed E-state index contributed by atoms with van der Waals surface area (Å²) in [5, 5.41) is 2.88. The fraction of sp³-hybridized carbons (Fsp3) is 0.731. The molecule has 32 heavy (non-hydrogen) atoms. The van der Waals surface area contributed by atoms with E-state index < -0.39 is 21.7 Å². The van der Waals surface area contributed by atoms with Gasteiger partial charge in [0.05, 0.1) is 0 Å². The van der Waals surface area contributed by atoms with Crippen LogP contribution in [-0.4, -0.2) is 26.6 Å². The topological polar surface area (TPSA) is 75.3 Å². The molecular weight excluding hydrogens is 420 g/mol. The molecule has 0 aliphatic rings. The number of amides is 1. The van der Waals surface area contributed by atoms with Crippen molar-refractivity contribution < 1.29 is 13.2 Å². The summed E-state index contributed by atoms with van der Waals surface area (Å²) in [6, 6.07) is 5.97. The molecule has 0 aliphatic carbocycles. The minimum atomic E-state index is -3.64. The minimum Gasteiger partial charge on any atom is -0.325 e. The molecule has 184 valence electrons. The van der Waals surface area contributed by atoms with Crippen LogP contribution in [-0.2, 0) is 14.8 Å². The molecule has 0 fully saturated rings. The van der Waals surface area contributed by atoms with E-state index in [1.54, 1.807) is 0 Å². The first-order chi connectivity index (χ1) is 15.2. The number of carbonyl (C=O) groups is 1. The smallest absolute Gasteiger partial charge is 0.241 e. The van der Waals surface area contributed by atoms with Crippen molar-refractivity contribution in [2.75, 3.05) is 17.6 Å². The number of benzene rings is 1. The quantitative estimate of drug-likeness (QED) is 0.250. The van der Waals surface area contributed by atoms with E-state index in [1.807, 2.05) is 18.2 Å². The molecule has 5 nitrogen and oxygen atoms in total. The van der Waals surface area contributed by atoms with E-state index in [9.17, 15) is 13.2 Å². The zero-order valence-electron chi connectivity index (χ0n) is 21.0. The number of sulfonamides is 1. The fourth-order valence-corrected chi connectivity index (χ4v) is 4.91. The Morgan fingerprint density at radius 3 is 1.75 bits per heavy atom. The Morgan fingerprint density at radius 1 is 0.812 bits per heavy atom. The number of rotatable bonds is 17. The van der Waals surface area contributed by atoms with Crippen LogP contribution in [0.1, 0.15) is 122 Å². The van der Waals surface area contributed by atoms with E-state index >= 15 is 0 Å². The number of anilines is 1. The van der Waals surface area contributed by atoms with Gasteiger partial charge >= 0.3 is 0 Å². The lowest BCUT2D eigenvalue weighted by atomic mass is 9.92. The van der Waals surface area contributed by atoms with Gasteiger partial charge in [0, 0.05) is 12.2 Å². The molecule has 0 radical (unpaired) electrons. The predicted molar refractivity (Wildman–Crippen MR) is 137 cm³/mol. The second-order valence-electron chi connectivity index (χ2n) is 9.50. The van der Waals surface area contributed by atoms with Crippen LogP contribution in [0.15, 0.2) is 18.2 Å². The molecule has 0 saturated heterocycles. The third-order valence-corrected chi connectivity index (χ3v) is 7.10. The van der Waals surface area contributed by atoms with E-state index in [4.69, 9.17) is 0 Å². The molecule has 0 heterocycles. The van der Waals surface area contributed by atoms with Gasteiger partial charge in [-0.2, -0.15) is 0 Å². The van der Waals surface area contributed by atoms with Gasteiger partial charge in [-0.15, -0.1) is 0 Å². The molecule has 0 bridgehead atoms. The SMILES string of the molecule is CCCCCCCCCCCCNS(=O)(=O)CC(=O)Nc1c(C(C)C)cccc1C(C)C. The van der Waals surface area contributed by atoms with E-state index in [0.717, 1.165) is 36.1 Å². The van der Waals surface area contributed by atoms with E-state index in [1.165, 1.54) is 44.9 Å². The van der Waals surface area contributed by atoms with Crippen molar-refractivity contribution in [2.45, 2.75) is 111 Å². The van der Waals surface area contributed by atoms with E-state index in [2.05, 4.69) is 44.7 Å². The largest absolute Gasteiger partial charge is 0.325 e. The Morgan fingerprint density at radius 2 is 1.28 bits per heavy atom. The van der Waals surface area contributed by atoms with Crippen molar-refractivity contribution in [2.24, 2.45) is 0 Å². The highest BCUT2D eigenvalue weighted by Crippen LogP contribution is 2.32. The lowest BCUT2D eigenvalue weighted by Crippen LogP contribution is -2.33. The third kappa shape index (κ3) is 11.5. The molecule has 1 amide bonds. The molecule has 0 aliphatic heterocycles. The van der Waals surface area contributed by atoms with Crippen LogP contribution in [0, 0.1) is 0 Å². The average molecular weight is 467 g/mol. The van der Waals surface area contributed by atoms with Crippen LogP contribution in [0.5, 0.6) is 0 Å². The summed E-state index contributed by atoms with van der Waals surface area (Å²) >= 11 is 0. The number of carbonyl (C=O) groups excluding carboxylic acids is 1. The fourth-order valence-electron chi connectivity index (χ4n) is 3.93. The third-order valence-electron chi connectivity index (χ3n) is 5.81. The standard InChI is InChI=1S/C26H46N2O3S/c1-6-7-8-9-10-11-12-13-14-15-19-27-32(30,31)20-25(29)28-26-23(21(2)3)17-16-18-24(26)22(4)5/h16-18,21-22,27H,6-15,19-20H2,1-5H3,(H,28,29). The van der Waals surface area contributed by atoms with Crippen molar-refractivity contribution in [3.8, 4) is 0 Å². The number of para-hydroxylation sites is 1. The Balaban J connectivity index is 2.39. The number of unbranched alkanes of at least 4 members (excludes halogenated alkanes) is 9. The van der Waals surface area contributed by atoms with Gasteiger partial charge in [0.2, 0.25) is 15.9 Å². The first-order valence-electron chi connectivity index (χ1n) is 12.6. The van der Waals surface area contributed by atoms with Crippen LogP contribution in [0.4, 0.5) is 5.69 Å². The molecule has 0 unspecified atom stereocenters. The molecular formula is C26H46N2O3S. The van der Waals surface area contributed by atoms with Crippen molar-refractivity contribution in [3.63, 3.8) is 0 Å². The van der Waals surface area contributed by atoms with Crippen molar-refractivity contribution in [1.29, 1.82) is 0 Å². The van der Waals surface area contributed by atoms with Crippen LogP contribution < -0.4 is 10.0 Å². The van der Waals surface area contributed by atoms with Gasteiger partial charge in [-0.25, -0.2) is 13.1 Å². The molecule has 0 saturated carbocycles. The highest BCUT2D eigenvalue weighted by atomic mass is 32.2. The molecule has 6 heteroatoms. The Kier molecular flexibility index (Phi) is 13.8. The summed E-state index contributed by atoms with van der Waals surface area (Å²) in [6.45, 7) is 10.9. The lowest BCUT2D eigenvalue weighted by Gasteiger charge is -2.20. The Bertz CT molecular complexity index is 747. The molecule has 0 spiro atoms. The summed E-state index contributed by atoms with van der Waals surface area (Å²) in [4.78, 5) is 12.5. The highest BCUT2D eigenvalue weighted by Gasteiger charge is 2.20. The Labute approximate surface area is 197 Å². The number of nitrogens with one attached hydrogen (secondary N) is 2. The molecule has 1 aromatic rings. The van der Waals surface area contributed by atoms with Crippen LogP contribution in [0.2, 0.25) is 0 Å². The van der Waals surface area contributed by atoms with Crippen LogP contribution in [0.3, 0.4) is 0 Å². The van der Waals surface area contributed by atoms with Crippen LogP contribution >= 0.6 is 0 Å². The predicted octanol–water partition coefficient (Wildman–Crippen LogP) is 6.71. The maximum absolute atomic E-state index is 12.5.